The van der Waals surface area contributed by atoms with Crippen LogP contribution in [0, 0.1) is 17.3 Å². The molecule has 1 aromatic heterocycles. The molecule has 61 heavy (non-hydrogen) atoms. The highest BCUT2D eigenvalue weighted by molar-refractivity contribution is 7.91. The van der Waals surface area contributed by atoms with Crippen molar-refractivity contribution in [1.82, 2.24) is 30.2 Å². The number of nitrogens with zero attached hydrogens (tertiary/aromatic N) is 3. The molecular formula is C41H52F4N6O9S. The Morgan fingerprint density at radius 3 is 2.39 bits per heavy atom. The number of alkyl halides is 2. The second-order valence-corrected chi connectivity index (χ2v) is 20.5. The molecule has 20 heteroatoms. The molecule has 7 rings (SSSR count). The van der Waals surface area contributed by atoms with Crippen LogP contribution in [0.1, 0.15) is 105 Å². The number of halogens is 4. The van der Waals surface area contributed by atoms with Crippen LogP contribution in [0.5, 0.6) is 11.6 Å². The molecule has 2 bridgehead atoms. The van der Waals surface area contributed by atoms with Gasteiger partial charge in [-0.1, -0.05) is 40.5 Å². The van der Waals surface area contributed by atoms with Crippen LogP contribution < -0.4 is 24.8 Å². The quantitative estimate of drug-likeness (QED) is 0.279. The highest BCUT2D eigenvalue weighted by Gasteiger charge is 2.64. The van der Waals surface area contributed by atoms with Crippen molar-refractivity contribution < 1.29 is 59.4 Å². The molecule has 3 N–H and O–H groups in total. The predicted molar refractivity (Wildman–Crippen MR) is 211 cm³/mol. The lowest BCUT2D eigenvalue weighted by Gasteiger charge is -2.36. The minimum atomic E-state index is -4.34. The van der Waals surface area contributed by atoms with Gasteiger partial charge in [0.05, 0.1) is 29.4 Å². The summed E-state index contributed by atoms with van der Waals surface area (Å²) < 4.78 is 106. The number of carbonyl (C=O) groups excluding carboxylic acids is 4. The summed E-state index contributed by atoms with van der Waals surface area (Å²) in [5.74, 6) is -8.18. The Labute approximate surface area is 351 Å². The molecule has 0 radical (unpaired) electrons. The van der Waals surface area contributed by atoms with Crippen LogP contribution >= 0.6 is 0 Å². The van der Waals surface area contributed by atoms with Crippen molar-refractivity contribution in [3.8, 4) is 11.6 Å². The van der Waals surface area contributed by atoms with Gasteiger partial charge in [0.25, 0.3) is 17.9 Å². The molecule has 4 amide bonds. The molecule has 1 saturated heterocycles. The van der Waals surface area contributed by atoms with Crippen LogP contribution in [0.4, 0.5) is 22.4 Å². The number of hydrogen-bond donors (Lipinski definition) is 3. The van der Waals surface area contributed by atoms with Crippen molar-refractivity contribution >= 4 is 44.9 Å². The molecule has 5 aliphatic rings. The minimum Gasteiger partial charge on any atom is -0.497 e. The number of fused-ring (bicyclic) bond motifs is 5. The Balaban J connectivity index is 1.32. The molecule has 3 saturated carbocycles. The Morgan fingerprint density at radius 2 is 1.77 bits per heavy atom. The van der Waals surface area contributed by atoms with Gasteiger partial charge in [0.1, 0.15) is 30.0 Å². The van der Waals surface area contributed by atoms with Gasteiger partial charge in [-0.3, -0.25) is 19.1 Å². The van der Waals surface area contributed by atoms with Gasteiger partial charge < -0.3 is 29.7 Å². The number of carbonyl (C=O) groups is 4. The highest BCUT2D eigenvalue weighted by Crippen LogP contribution is 2.49. The van der Waals surface area contributed by atoms with Crippen molar-refractivity contribution in [2.75, 3.05) is 13.7 Å². The van der Waals surface area contributed by atoms with E-state index in [-0.39, 0.29) is 42.6 Å². The lowest BCUT2D eigenvalue weighted by atomic mass is 9.85. The zero-order chi connectivity index (χ0) is 44.4. The molecular weight excluding hydrogens is 829 g/mol. The van der Waals surface area contributed by atoms with Crippen molar-refractivity contribution in [1.29, 1.82) is 0 Å². The van der Waals surface area contributed by atoms with Gasteiger partial charge in [-0.15, -0.1) is 0 Å². The first-order chi connectivity index (χ1) is 28.5. The Hall–Kier alpha value is -4.75. The maximum atomic E-state index is 16.4. The van der Waals surface area contributed by atoms with E-state index in [0.29, 0.717) is 31.4 Å². The van der Waals surface area contributed by atoms with Gasteiger partial charge in [0.15, 0.2) is 11.2 Å². The summed E-state index contributed by atoms with van der Waals surface area (Å²) in [5, 5.41) is 5.04. The Bertz CT molecular complexity index is 2260. The highest BCUT2D eigenvalue weighted by atomic mass is 32.2. The maximum absolute atomic E-state index is 16.4. The molecule has 7 atom stereocenters. The van der Waals surface area contributed by atoms with E-state index in [1.807, 2.05) is 4.72 Å². The molecule has 1 aromatic carbocycles. The van der Waals surface area contributed by atoms with Crippen LogP contribution in [0.15, 0.2) is 29.9 Å². The van der Waals surface area contributed by atoms with Gasteiger partial charge in [-0.25, -0.2) is 23.2 Å². The fourth-order valence-electron chi connectivity index (χ4n) is 8.40. The van der Waals surface area contributed by atoms with Crippen LogP contribution in [0.3, 0.4) is 0 Å². The molecule has 0 spiro atoms. The molecule has 0 unspecified atom stereocenters. The van der Waals surface area contributed by atoms with Crippen molar-refractivity contribution in [3.63, 3.8) is 0 Å². The third-order valence-electron chi connectivity index (χ3n) is 12.6. The first-order valence-corrected chi connectivity index (χ1v) is 22.1. The standard InChI is InChI=1S/C41H52F4N6O9S/c1-7-10-23-28-20-51(29(23)33(52)49-40(19-24(40)32(42)43)36(54)50-61(56,57)39(5)15-16-39)35(53)31(38(2,3)4)48-37(55)60-27-17-21(27)11-8-9-14-41(44,45)30-34(59-28)47-26-18-22(58-6)12-13-25(26)46-30/h12-13,18,21,23,27-29,31H,7-11,14-17,19-20H2,1-6H3,(H,48,55)(H,49,52)(H,50,54)/t21-,23-,27-,28+,29+,31-,40-/m1/s1. The second kappa shape index (κ2) is 15.9. The first-order valence-electron chi connectivity index (χ1n) is 20.7. The number of sulfonamides is 1. The molecule has 3 heterocycles. The van der Waals surface area contributed by atoms with Gasteiger partial charge in [0, 0.05) is 30.4 Å². The average Bonchev–Trinajstić information content (AvgIpc) is 4.13. The van der Waals surface area contributed by atoms with E-state index in [9.17, 15) is 36.4 Å². The number of rotatable bonds is 8. The monoisotopic (exact) mass is 880 g/mol. The van der Waals surface area contributed by atoms with Crippen LogP contribution in [-0.4, -0.2) is 95.3 Å². The third-order valence-corrected chi connectivity index (χ3v) is 14.8. The van der Waals surface area contributed by atoms with E-state index in [0.717, 1.165) is 4.90 Å². The number of hydrogen-bond acceptors (Lipinski definition) is 11. The van der Waals surface area contributed by atoms with E-state index < -0.39 is 128 Å². The lowest BCUT2D eigenvalue weighted by Crippen LogP contribution is -2.61. The molecule has 2 aliphatic heterocycles. The summed E-state index contributed by atoms with van der Waals surface area (Å²) in [5.41, 5.74) is -4.78. The number of aromatic nitrogens is 2. The SMILES string of the molecule is CCC[C@@H]1[C@@H]2CN(C(=O)[C@H](C(C)(C)C)NC(=O)O[C@@H]3C[C@H]3CCCCC(F)(F)c3nc4ccc(OC)cc4nc3O2)[C@@H]1C(=O)N[C@]1(C(=O)NS(=O)(=O)C2(C)CC2)CC1=C(F)F. The third kappa shape index (κ3) is 8.69. The van der Waals surface area contributed by atoms with E-state index in [1.165, 1.54) is 26.2 Å². The van der Waals surface area contributed by atoms with Crippen LogP contribution in [0.25, 0.3) is 11.0 Å². The molecule has 15 nitrogen and oxygen atoms in total. The zero-order valence-electron chi connectivity index (χ0n) is 34.9. The summed E-state index contributed by atoms with van der Waals surface area (Å²) in [6.45, 7) is 7.73. The minimum absolute atomic E-state index is 0.0687. The summed E-state index contributed by atoms with van der Waals surface area (Å²) in [6.07, 6.45) is -3.84. The first kappa shape index (κ1) is 44.3. The molecule has 334 valence electrons. The second-order valence-electron chi connectivity index (χ2n) is 18.3. The zero-order valence-corrected chi connectivity index (χ0v) is 35.7. The van der Waals surface area contributed by atoms with Crippen molar-refractivity contribution in [2.45, 2.75) is 139 Å². The lowest BCUT2D eigenvalue weighted by molar-refractivity contribution is -0.143. The molecule has 4 fully saturated rings. The Morgan fingerprint density at radius 1 is 1.05 bits per heavy atom. The largest absolute Gasteiger partial charge is 0.497 e. The number of ether oxygens (including phenoxy) is 3. The van der Waals surface area contributed by atoms with Gasteiger partial charge in [-0.2, -0.15) is 17.6 Å². The van der Waals surface area contributed by atoms with E-state index >= 15 is 8.78 Å². The van der Waals surface area contributed by atoms with Crippen LogP contribution in [-0.2, 0) is 35.1 Å². The summed E-state index contributed by atoms with van der Waals surface area (Å²) in [6, 6.07) is 1.56. The number of nitrogens with one attached hydrogen (secondary N) is 3. The number of benzene rings is 1. The number of methoxy groups -OCH3 is 1. The molecule has 2 aromatic rings. The maximum Gasteiger partial charge on any atom is 0.408 e. The summed E-state index contributed by atoms with van der Waals surface area (Å²) in [7, 11) is -2.92. The number of alkyl carbamates (subject to hydrolysis) is 1. The Kier molecular flexibility index (Phi) is 11.5. The van der Waals surface area contributed by atoms with E-state index in [2.05, 4.69) is 20.6 Å². The van der Waals surface area contributed by atoms with Gasteiger partial charge in [-0.05, 0) is 68.9 Å². The fourth-order valence-corrected chi connectivity index (χ4v) is 9.70. The number of amides is 4. The van der Waals surface area contributed by atoms with E-state index in [4.69, 9.17) is 14.2 Å². The van der Waals surface area contributed by atoms with Crippen molar-refractivity contribution in [2.24, 2.45) is 17.3 Å². The fraction of sp³-hybridized carbons (Fsp3) is 0.659. The van der Waals surface area contributed by atoms with Crippen LogP contribution in [0.2, 0.25) is 0 Å². The summed E-state index contributed by atoms with van der Waals surface area (Å²) in [4.78, 5) is 66.6. The van der Waals surface area contributed by atoms with Crippen molar-refractivity contribution in [3.05, 3.63) is 35.5 Å². The van der Waals surface area contributed by atoms with Gasteiger partial charge >= 0.3 is 6.09 Å². The topological polar surface area (TPSA) is 195 Å². The summed E-state index contributed by atoms with van der Waals surface area (Å²) >= 11 is 0. The predicted octanol–water partition coefficient (Wildman–Crippen LogP) is 5.62. The van der Waals surface area contributed by atoms with Gasteiger partial charge in [0.2, 0.25) is 27.7 Å². The normalized spacial score (nSPS) is 29.7. The smallest absolute Gasteiger partial charge is 0.408 e. The van der Waals surface area contributed by atoms with E-state index in [1.54, 1.807) is 33.8 Å². The average molecular weight is 881 g/mol. The molecule has 3 aliphatic carbocycles.